The van der Waals surface area contributed by atoms with Crippen LogP contribution in [0.5, 0.6) is 0 Å². The van der Waals surface area contributed by atoms with Gasteiger partial charge in [-0.3, -0.25) is 19.5 Å². The molecule has 0 atom stereocenters. The number of anilines is 1. The number of aryl methyl sites for hydroxylation is 1. The number of rotatable bonds is 3. The molecule has 1 heterocycles. The van der Waals surface area contributed by atoms with E-state index in [0.717, 1.165) is 0 Å². The van der Waals surface area contributed by atoms with Crippen molar-refractivity contribution in [1.29, 1.82) is 0 Å². The van der Waals surface area contributed by atoms with Crippen molar-refractivity contribution in [2.24, 2.45) is 0 Å². The number of hydrogen-bond acceptors (Lipinski definition) is 5. The van der Waals surface area contributed by atoms with Gasteiger partial charge in [-0.05, 0) is 6.92 Å². The molecule has 0 saturated carbocycles. The standard InChI is InChI=1S/C12H12N4O3/c1-8-5-11(17)15(7-14-8)6-9-3-2-4-10(12(9)13)16(18)19/h2-5,7H,6,13H2,1H3. The third-order valence-electron chi connectivity index (χ3n) is 2.73. The van der Waals surface area contributed by atoms with Crippen LogP contribution < -0.4 is 11.3 Å². The van der Waals surface area contributed by atoms with Crippen LogP contribution in [0.3, 0.4) is 0 Å². The average Bonchev–Trinajstić information content (AvgIpc) is 2.34. The van der Waals surface area contributed by atoms with Crippen molar-refractivity contribution < 1.29 is 4.92 Å². The lowest BCUT2D eigenvalue weighted by Crippen LogP contribution is -2.21. The molecule has 1 aromatic heterocycles. The van der Waals surface area contributed by atoms with E-state index in [1.165, 1.54) is 29.1 Å². The molecule has 0 radical (unpaired) electrons. The molecule has 7 nitrogen and oxygen atoms in total. The van der Waals surface area contributed by atoms with Crippen LogP contribution in [-0.4, -0.2) is 14.5 Å². The Labute approximate surface area is 108 Å². The minimum atomic E-state index is -0.547. The first-order valence-electron chi connectivity index (χ1n) is 5.54. The summed E-state index contributed by atoms with van der Waals surface area (Å²) in [6.07, 6.45) is 1.40. The van der Waals surface area contributed by atoms with E-state index in [9.17, 15) is 14.9 Å². The summed E-state index contributed by atoms with van der Waals surface area (Å²) < 4.78 is 1.35. The van der Waals surface area contributed by atoms with Crippen molar-refractivity contribution in [2.75, 3.05) is 5.73 Å². The molecule has 0 aliphatic heterocycles. The monoisotopic (exact) mass is 260 g/mol. The van der Waals surface area contributed by atoms with Gasteiger partial charge in [0.15, 0.2) is 0 Å². The summed E-state index contributed by atoms with van der Waals surface area (Å²) in [5, 5.41) is 10.8. The Kier molecular flexibility index (Phi) is 3.28. The van der Waals surface area contributed by atoms with Crippen molar-refractivity contribution >= 4 is 11.4 Å². The zero-order chi connectivity index (χ0) is 14.0. The van der Waals surface area contributed by atoms with E-state index < -0.39 is 4.92 Å². The van der Waals surface area contributed by atoms with Crippen LogP contribution in [0, 0.1) is 17.0 Å². The summed E-state index contributed by atoms with van der Waals surface area (Å²) in [5.74, 6) is 0. The zero-order valence-corrected chi connectivity index (χ0v) is 10.2. The first-order valence-corrected chi connectivity index (χ1v) is 5.54. The molecule has 2 rings (SSSR count). The molecular formula is C12H12N4O3. The third kappa shape index (κ3) is 2.59. The molecule has 7 heteroatoms. The average molecular weight is 260 g/mol. The quantitative estimate of drug-likeness (QED) is 0.505. The Morgan fingerprint density at radius 1 is 1.47 bits per heavy atom. The summed E-state index contributed by atoms with van der Waals surface area (Å²) in [6, 6.07) is 5.91. The molecule has 0 fully saturated rings. The smallest absolute Gasteiger partial charge is 0.292 e. The van der Waals surface area contributed by atoms with Crippen LogP contribution >= 0.6 is 0 Å². The molecule has 0 spiro atoms. The minimum absolute atomic E-state index is 0.0694. The number of hydrogen-bond donors (Lipinski definition) is 1. The predicted octanol–water partition coefficient (Wildman–Crippen LogP) is 1.09. The Morgan fingerprint density at radius 3 is 2.84 bits per heavy atom. The highest BCUT2D eigenvalue weighted by atomic mass is 16.6. The van der Waals surface area contributed by atoms with Crippen LogP contribution in [0.15, 0.2) is 35.4 Å². The molecule has 0 saturated heterocycles. The predicted molar refractivity (Wildman–Crippen MR) is 69.8 cm³/mol. The van der Waals surface area contributed by atoms with Gasteiger partial charge in [-0.2, -0.15) is 0 Å². The van der Waals surface area contributed by atoms with Gasteiger partial charge in [-0.25, -0.2) is 4.98 Å². The van der Waals surface area contributed by atoms with Gasteiger partial charge in [-0.15, -0.1) is 0 Å². The highest BCUT2D eigenvalue weighted by molar-refractivity contribution is 5.63. The maximum atomic E-state index is 11.7. The normalized spacial score (nSPS) is 10.4. The molecule has 0 aliphatic rings. The van der Waals surface area contributed by atoms with Crippen molar-refractivity contribution in [3.63, 3.8) is 0 Å². The highest BCUT2D eigenvalue weighted by Crippen LogP contribution is 2.24. The lowest BCUT2D eigenvalue weighted by Gasteiger charge is -2.08. The Hall–Kier alpha value is -2.70. The summed E-state index contributed by atoms with van der Waals surface area (Å²) in [5.41, 5.74) is 6.55. The maximum Gasteiger partial charge on any atom is 0.292 e. The maximum absolute atomic E-state index is 11.7. The Balaban J connectivity index is 2.41. The minimum Gasteiger partial charge on any atom is -0.393 e. The van der Waals surface area contributed by atoms with E-state index in [0.29, 0.717) is 11.3 Å². The van der Waals surface area contributed by atoms with Crippen molar-refractivity contribution in [1.82, 2.24) is 9.55 Å². The van der Waals surface area contributed by atoms with Gasteiger partial charge < -0.3 is 5.73 Å². The van der Waals surface area contributed by atoms with Crippen LogP contribution in [0.1, 0.15) is 11.3 Å². The van der Waals surface area contributed by atoms with E-state index >= 15 is 0 Å². The number of nitrogens with zero attached hydrogens (tertiary/aromatic N) is 3. The highest BCUT2D eigenvalue weighted by Gasteiger charge is 2.14. The number of para-hydroxylation sites is 1. The first-order chi connectivity index (χ1) is 8.99. The SMILES string of the molecule is Cc1cc(=O)n(Cc2cccc([N+](=O)[O-])c2N)cn1. The molecule has 0 aliphatic carbocycles. The second-order valence-corrected chi connectivity index (χ2v) is 4.10. The number of nitrogens with two attached hydrogens (primary N) is 1. The fourth-order valence-corrected chi connectivity index (χ4v) is 1.72. The molecule has 19 heavy (non-hydrogen) atoms. The topological polar surface area (TPSA) is 104 Å². The van der Waals surface area contributed by atoms with Gasteiger partial charge in [0, 0.05) is 23.4 Å². The fraction of sp³-hybridized carbons (Fsp3) is 0.167. The van der Waals surface area contributed by atoms with Gasteiger partial charge in [0.2, 0.25) is 0 Å². The molecule has 0 amide bonds. The van der Waals surface area contributed by atoms with E-state index in [4.69, 9.17) is 5.73 Å². The summed E-state index contributed by atoms with van der Waals surface area (Å²) in [7, 11) is 0. The van der Waals surface area contributed by atoms with Crippen LogP contribution in [0.4, 0.5) is 11.4 Å². The van der Waals surface area contributed by atoms with E-state index in [1.54, 1.807) is 13.0 Å². The lowest BCUT2D eigenvalue weighted by atomic mass is 10.1. The zero-order valence-electron chi connectivity index (χ0n) is 10.2. The van der Waals surface area contributed by atoms with Crippen LogP contribution in [-0.2, 0) is 6.54 Å². The summed E-state index contributed by atoms with van der Waals surface area (Å²) in [6.45, 7) is 1.87. The van der Waals surface area contributed by atoms with Crippen LogP contribution in [0.2, 0.25) is 0 Å². The number of aromatic nitrogens is 2. The molecule has 0 bridgehead atoms. The second-order valence-electron chi connectivity index (χ2n) is 4.10. The second kappa shape index (κ2) is 4.89. The van der Waals surface area contributed by atoms with E-state index in [-0.39, 0.29) is 23.5 Å². The number of nitro benzene ring substituents is 1. The number of nitrogen functional groups attached to an aromatic ring is 1. The number of nitro groups is 1. The van der Waals surface area contributed by atoms with Gasteiger partial charge in [0.05, 0.1) is 17.8 Å². The molecule has 2 aromatic rings. The third-order valence-corrected chi connectivity index (χ3v) is 2.73. The fourth-order valence-electron chi connectivity index (χ4n) is 1.72. The van der Waals surface area contributed by atoms with Crippen molar-refractivity contribution in [3.8, 4) is 0 Å². The molecule has 98 valence electrons. The lowest BCUT2D eigenvalue weighted by molar-refractivity contribution is -0.383. The molecule has 2 N–H and O–H groups in total. The molecular weight excluding hydrogens is 248 g/mol. The van der Waals surface area contributed by atoms with E-state index in [2.05, 4.69) is 4.98 Å². The number of benzene rings is 1. The van der Waals surface area contributed by atoms with Crippen LogP contribution in [0.25, 0.3) is 0 Å². The van der Waals surface area contributed by atoms with Crippen molar-refractivity contribution in [3.05, 3.63) is 62.3 Å². The molecule has 0 unspecified atom stereocenters. The van der Waals surface area contributed by atoms with Gasteiger partial charge in [0.25, 0.3) is 11.2 Å². The van der Waals surface area contributed by atoms with Gasteiger partial charge >= 0.3 is 0 Å². The van der Waals surface area contributed by atoms with E-state index in [1.807, 2.05) is 0 Å². The van der Waals surface area contributed by atoms with Gasteiger partial charge in [0.1, 0.15) is 5.69 Å². The van der Waals surface area contributed by atoms with Gasteiger partial charge in [-0.1, -0.05) is 12.1 Å². The summed E-state index contributed by atoms with van der Waals surface area (Å²) in [4.78, 5) is 26.0. The molecule has 1 aromatic carbocycles. The Bertz CT molecular complexity index is 694. The largest absolute Gasteiger partial charge is 0.393 e. The first kappa shape index (κ1) is 12.7. The Morgan fingerprint density at radius 2 is 2.21 bits per heavy atom. The van der Waals surface area contributed by atoms with Crippen molar-refractivity contribution in [2.45, 2.75) is 13.5 Å². The summed E-state index contributed by atoms with van der Waals surface area (Å²) >= 11 is 0.